The second-order valence-corrected chi connectivity index (χ2v) is 12.3. The van der Waals surface area contributed by atoms with Crippen LogP contribution in [0, 0.1) is 5.92 Å². The fourth-order valence-corrected chi connectivity index (χ4v) is 6.53. The number of anilines is 2. The van der Waals surface area contributed by atoms with E-state index in [0.29, 0.717) is 0 Å². The molecule has 6 atom stereocenters. The van der Waals surface area contributed by atoms with Gasteiger partial charge in [-0.15, -0.1) is 0 Å². The van der Waals surface area contributed by atoms with Gasteiger partial charge in [0.25, 0.3) is 7.52 Å². The number of fused-ring (bicyclic) bond motifs is 1. The summed E-state index contributed by atoms with van der Waals surface area (Å²) in [7, 11) is -3.65. The molecule has 6 N–H and O–H groups in total. The van der Waals surface area contributed by atoms with E-state index in [0.717, 1.165) is 5.56 Å². The van der Waals surface area contributed by atoms with E-state index in [1.165, 1.54) is 17.8 Å². The van der Waals surface area contributed by atoms with Gasteiger partial charge >= 0.3 is 0 Å². The minimum absolute atomic E-state index is 0.000991. The molecule has 16 heteroatoms. The highest BCUT2D eigenvalue weighted by Crippen LogP contribution is 2.50. The van der Waals surface area contributed by atoms with E-state index in [9.17, 15) is 14.5 Å². The molecule has 1 saturated heterocycles. The standard InChI is InChI=1S/C21H27BrFN8O5P/c1-11(12(2)32)9-37(34,28-7-13-4-3-5-26-6-13)35-8-14-16(33)21(22,23)19(36-14)31-10-27-15-17(24)29-20(25)30-18(15)31/h3-6,10-11,14,16,19,33H,7-9H2,1-2H3,(H,28,34)(H4,24,25,29,30)/t11-,14-,16+,19-,21?,37?/m1/s1. The minimum Gasteiger partial charge on any atom is -0.386 e. The fourth-order valence-electron chi connectivity index (χ4n) is 3.79. The Morgan fingerprint density at radius 2 is 2.22 bits per heavy atom. The van der Waals surface area contributed by atoms with Crippen molar-refractivity contribution in [3.63, 3.8) is 0 Å². The maximum Gasteiger partial charge on any atom is 0.270 e. The molecular formula is C21H27BrFN8O5P. The Morgan fingerprint density at radius 1 is 1.46 bits per heavy atom. The number of carbonyl (C=O) groups excluding carboxylic acids is 1. The molecule has 2 unspecified atom stereocenters. The number of nitrogens with two attached hydrogens (primary N) is 2. The zero-order valence-electron chi connectivity index (χ0n) is 20.0. The van der Waals surface area contributed by atoms with Crippen molar-refractivity contribution in [2.24, 2.45) is 5.92 Å². The van der Waals surface area contributed by atoms with Crippen molar-refractivity contribution < 1.29 is 28.1 Å². The van der Waals surface area contributed by atoms with Gasteiger partial charge in [-0.2, -0.15) is 9.97 Å². The topological polar surface area (TPSA) is 193 Å². The lowest BCUT2D eigenvalue weighted by molar-refractivity contribution is -0.119. The first-order valence-electron chi connectivity index (χ1n) is 11.3. The zero-order valence-corrected chi connectivity index (χ0v) is 22.5. The van der Waals surface area contributed by atoms with Crippen LogP contribution in [0.5, 0.6) is 0 Å². The van der Waals surface area contributed by atoms with E-state index >= 15 is 4.39 Å². The van der Waals surface area contributed by atoms with Crippen LogP contribution in [-0.2, 0) is 25.2 Å². The number of carbonyl (C=O) groups is 1. The average Bonchev–Trinajstić information content (AvgIpc) is 3.35. The lowest BCUT2D eigenvalue weighted by Crippen LogP contribution is -2.38. The summed E-state index contributed by atoms with van der Waals surface area (Å²) in [5, 5.41) is 13.6. The third-order valence-corrected chi connectivity index (χ3v) is 9.10. The Kier molecular flexibility index (Phi) is 7.93. The number of ketones is 1. The summed E-state index contributed by atoms with van der Waals surface area (Å²) >= 11 is 2.91. The number of Topliss-reactive ketones (excluding diaryl/α,β-unsaturated/α-hetero) is 1. The number of aromatic nitrogens is 5. The first-order chi connectivity index (χ1) is 17.4. The van der Waals surface area contributed by atoms with Crippen LogP contribution in [-0.4, -0.2) is 64.9 Å². The van der Waals surface area contributed by atoms with Gasteiger partial charge in [0, 0.05) is 31.0 Å². The Balaban J connectivity index is 1.53. The van der Waals surface area contributed by atoms with Crippen molar-refractivity contribution in [3.8, 4) is 0 Å². The van der Waals surface area contributed by atoms with E-state index < -0.39 is 43.1 Å². The monoisotopic (exact) mass is 600 g/mol. The summed E-state index contributed by atoms with van der Waals surface area (Å²) < 4.78 is 39.6. The Morgan fingerprint density at radius 3 is 2.89 bits per heavy atom. The number of ether oxygens (including phenoxy) is 1. The van der Waals surface area contributed by atoms with Gasteiger partial charge in [-0.3, -0.25) is 18.9 Å². The van der Waals surface area contributed by atoms with Gasteiger partial charge < -0.3 is 25.8 Å². The third kappa shape index (κ3) is 5.81. The van der Waals surface area contributed by atoms with E-state index in [4.69, 9.17) is 20.7 Å². The molecule has 4 rings (SSSR count). The van der Waals surface area contributed by atoms with Crippen LogP contribution in [0.1, 0.15) is 25.6 Å². The minimum atomic E-state index is -3.65. The van der Waals surface area contributed by atoms with Gasteiger partial charge in [-0.1, -0.05) is 13.0 Å². The second kappa shape index (κ2) is 10.7. The van der Waals surface area contributed by atoms with Crippen LogP contribution in [0.15, 0.2) is 30.9 Å². The number of aliphatic hydroxyl groups excluding tert-OH is 1. The molecule has 1 fully saturated rings. The number of halogens is 2. The van der Waals surface area contributed by atoms with Crippen molar-refractivity contribution in [2.45, 2.75) is 43.4 Å². The number of nitrogen functional groups attached to an aromatic ring is 2. The number of pyridine rings is 1. The molecular weight excluding hydrogens is 574 g/mol. The van der Waals surface area contributed by atoms with Crippen LogP contribution in [0.2, 0.25) is 0 Å². The predicted octanol–water partition coefficient (Wildman–Crippen LogP) is 1.93. The number of aliphatic hydroxyl groups is 1. The molecule has 0 bridgehead atoms. The van der Waals surface area contributed by atoms with E-state index in [-0.39, 0.29) is 41.4 Å². The summed E-state index contributed by atoms with van der Waals surface area (Å²) in [4.78, 5) is 27.8. The highest BCUT2D eigenvalue weighted by Gasteiger charge is 2.57. The van der Waals surface area contributed by atoms with Gasteiger partial charge in [0.15, 0.2) is 17.7 Å². The van der Waals surface area contributed by atoms with Crippen LogP contribution < -0.4 is 16.6 Å². The summed E-state index contributed by atoms with van der Waals surface area (Å²) in [6.45, 7) is 2.74. The Hall–Kier alpha value is -2.55. The SMILES string of the molecule is CC(=O)[C@H](C)CP(=O)(NCc1cccnc1)OC[C@H]1O[C@@H](n2cnc3c(N)nc(N)nc32)C(F)(Br)[C@H]1O. The number of hydrogen-bond donors (Lipinski definition) is 4. The Labute approximate surface area is 219 Å². The number of rotatable bonds is 10. The maximum absolute atomic E-state index is 15.7. The third-order valence-electron chi connectivity index (χ3n) is 6.00. The first kappa shape index (κ1) is 27.5. The number of hydrogen-bond acceptors (Lipinski definition) is 11. The zero-order chi connectivity index (χ0) is 27.0. The number of alkyl halides is 2. The molecule has 1 aliphatic heterocycles. The van der Waals surface area contributed by atoms with Gasteiger partial charge in [0.2, 0.25) is 10.5 Å². The molecule has 0 aromatic carbocycles. The first-order valence-corrected chi connectivity index (χ1v) is 13.9. The van der Waals surface area contributed by atoms with Gasteiger partial charge in [-0.25, -0.2) is 14.5 Å². The predicted molar refractivity (Wildman–Crippen MR) is 136 cm³/mol. The highest BCUT2D eigenvalue weighted by molar-refractivity contribution is 9.10. The normalized spacial score (nSPS) is 26.2. The molecule has 0 radical (unpaired) electrons. The molecule has 37 heavy (non-hydrogen) atoms. The van der Waals surface area contributed by atoms with Crippen molar-refractivity contribution in [3.05, 3.63) is 36.4 Å². The quantitative estimate of drug-likeness (QED) is 0.195. The van der Waals surface area contributed by atoms with Gasteiger partial charge in [0.1, 0.15) is 23.5 Å². The van der Waals surface area contributed by atoms with Gasteiger partial charge in [0.05, 0.1) is 12.9 Å². The highest BCUT2D eigenvalue weighted by atomic mass is 79.9. The summed E-state index contributed by atoms with van der Waals surface area (Å²) in [6, 6.07) is 3.51. The van der Waals surface area contributed by atoms with Crippen molar-refractivity contribution in [1.29, 1.82) is 0 Å². The fraction of sp³-hybridized carbons (Fsp3) is 0.476. The molecule has 0 spiro atoms. The largest absolute Gasteiger partial charge is 0.386 e. The maximum atomic E-state index is 15.7. The Bertz CT molecular complexity index is 1330. The van der Waals surface area contributed by atoms with Crippen molar-refractivity contribution in [2.75, 3.05) is 24.2 Å². The number of nitrogens with one attached hydrogen (secondary N) is 1. The molecule has 200 valence electrons. The summed E-state index contributed by atoms with van der Waals surface area (Å²) in [5.74, 6) is -0.887. The lowest BCUT2D eigenvalue weighted by Gasteiger charge is -2.24. The summed E-state index contributed by atoms with van der Waals surface area (Å²) in [5.41, 5.74) is 12.5. The lowest BCUT2D eigenvalue weighted by atomic mass is 10.1. The molecule has 0 amide bonds. The smallest absolute Gasteiger partial charge is 0.270 e. The molecule has 13 nitrogen and oxygen atoms in total. The molecule has 3 aromatic rings. The average molecular weight is 601 g/mol. The van der Waals surface area contributed by atoms with E-state index in [2.05, 4.69) is 41.0 Å². The molecule has 3 aromatic heterocycles. The summed E-state index contributed by atoms with van der Waals surface area (Å²) in [6.07, 6.45) is -0.0946. The van der Waals surface area contributed by atoms with Crippen LogP contribution in [0.4, 0.5) is 16.2 Å². The molecule has 0 aliphatic carbocycles. The molecule has 1 aliphatic rings. The van der Waals surface area contributed by atoms with Crippen LogP contribution >= 0.6 is 23.4 Å². The van der Waals surface area contributed by atoms with E-state index in [1.807, 2.05) is 0 Å². The molecule has 0 saturated carbocycles. The van der Waals surface area contributed by atoms with Crippen molar-refractivity contribution >= 4 is 52.2 Å². The van der Waals surface area contributed by atoms with Crippen LogP contribution in [0.25, 0.3) is 11.2 Å². The van der Waals surface area contributed by atoms with Crippen molar-refractivity contribution in [1.82, 2.24) is 29.6 Å². The number of nitrogens with zero attached hydrogens (tertiary/aromatic N) is 5. The van der Waals surface area contributed by atoms with Gasteiger partial charge in [-0.05, 0) is 34.5 Å². The van der Waals surface area contributed by atoms with Crippen LogP contribution in [0.3, 0.4) is 0 Å². The second-order valence-electron chi connectivity index (χ2n) is 8.80. The molecule has 4 heterocycles. The number of imidazole rings is 1. The van der Waals surface area contributed by atoms with E-state index in [1.54, 1.807) is 31.5 Å².